The van der Waals surface area contributed by atoms with Gasteiger partial charge in [-0.2, -0.15) is 5.26 Å². The van der Waals surface area contributed by atoms with Gasteiger partial charge < -0.3 is 9.30 Å². The van der Waals surface area contributed by atoms with Gasteiger partial charge in [0.05, 0.1) is 35.6 Å². The molecule has 1 aromatic carbocycles. The summed E-state index contributed by atoms with van der Waals surface area (Å²) in [5.41, 5.74) is 1.02. The number of ketones is 1. The number of carbonyl (C=O) groups excluding carboxylic acids is 1. The number of hydrogen-bond acceptors (Lipinski definition) is 4. The summed E-state index contributed by atoms with van der Waals surface area (Å²) >= 11 is 0. The van der Waals surface area contributed by atoms with E-state index in [1.807, 2.05) is 6.92 Å². The van der Waals surface area contributed by atoms with E-state index in [0.29, 0.717) is 17.9 Å². The summed E-state index contributed by atoms with van der Waals surface area (Å²) in [7, 11) is 0. The van der Waals surface area contributed by atoms with Gasteiger partial charge in [-0.25, -0.2) is 8.78 Å². The van der Waals surface area contributed by atoms with Gasteiger partial charge in [0, 0.05) is 24.0 Å². The number of rotatable bonds is 4. The Kier molecular flexibility index (Phi) is 5.01. The lowest BCUT2D eigenvalue weighted by molar-refractivity contribution is -0.0178. The highest BCUT2D eigenvalue weighted by molar-refractivity contribution is 5.99. The van der Waals surface area contributed by atoms with Crippen LogP contribution in [0, 0.1) is 36.8 Å². The molecule has 5 nitrogen and oxygen atoms in total. The minimum atomic E-state index is -0.677. The monoisotopic (exact) mass is 399 g/mol. The van der Waals surface area contributed by atoms with Crippen molar-refractivity contribution in [2.75, 3.05) is 13.1 Å². The van der Waals surface area contributed by atoms with Crippen molar-refractivity contribution in [3.8, 4) is 11.8 Å². The Morgan fingerprint density at radius 3 is 2.72 bits per heavy atom. The fraction of sp³-hybridized carbons (Fsp3) is 0.455. The summed E-state index contributed by atoms with van der Waals surface area (Å²) in [4.78, 5) is 15.1. The maximum absolute atomic E-state index is 15.0. The molecule has 2 bridgehead atoms. The first-order valence-electron chi connectivity index (χ1n) is 9.80. The first kappa shape index (κ1) is 19.7. The van der Waals surface area contributed by atoms with E-state index in [1.54, 1.807) is 26.0 Å². The second kappa shape index (κ2) is 7.36. The number of halogens is 2. The molecule has 2 fully saturated rings. The number of hydrogen-bond donors (Lipinski definition) is 0. The van der Waals surface area contributed by atoms with Crippen LogP contribution in [0.3, 0.4) is 0 Å². The number of ether oxygens (including phenoxy) is 1. The maximum atomic E-state index is 15.0. The Hall–Kier alpha value is -2.56. The van der Waals surface area contributed by atoms with Crippen LogP contribution in [0.2, 0.25) is 0 Å². The summed E-state index contributed by atoms with van der Waals surface area (Å²) in [6, 6.07) is 6.15. The summed E-state index contributed by atoms with van der Waals surface area (Å²) in [5.74, 6) is -1.54. The van der Waals surface area contributed by atoms with Crippen molar-refractivity contribution in [1.29, 1.82) is 5.26 Å². The average molecular weight is 399 g/mol. The normalized spacial score (nSPS) is 23.9. The first-order valence-corrected chi connectivity index (χ1v) is 9.80. The molecule has 3 atom stereocenters. The molecule has 3 heterocycles. The molecule has 0 spiro atoms. The summed E-state index contributed by atoms with van der Waals surface area (Å²) in [6.45, 7) is 6.08. The van der Waals surface area contributed by atoms with Gasteiger partial charge in [-0.05, 0) is 51.8 Å². The molecule has 2 aliphatic rings. The zero-order valence-electron chi connectivity index (χ0n) is 16.7. The molecule has 2 aromatic rings. The molecule has 0 amide bonds. The van der Waals surface area contributed by atoms with Crippen molar-refractivity contribution in [3.05, 3.63) is 52.3 Å². The van der Waals surface area contributed by atoms with Crippen molar-refractivity contribution in [2.24, 2.45) is 0 Å². The Bertz CT molecular complexity index is 1020. The van der Waals surface area contributed by atoms with Crippen molar-refractivity contribution in [2.45, 2.75) is 51.9 Å². The highest BCUT2D eigenvalue weighted by Gasteiger charge is 2.40. The fourth-order valence-corrected chi connectivity index (χ4v) is 4.75. The number of likely N-dealkylation sites (tertiary alicyclic amines) is 1. The second-order valence-electron chi connectivity index (χ2n) is 8.02. The highest BCUT2D eigenvalue weighted by Crippen LogP contribution is 2.32. The number of carbonyl (C=O) groups is 1. The standard InChI is InChI=1S/C22H23F2N3O2/c1-12-6-17-7-18(29-12)10-26(17)11-20(28)21-13(2)27(14(3)22(21)24)16-5-4-15(9-25)19(23)8-16/h4-5,8,12,17-18H,6-7,10-11H2,1-3H3. The number of fused-ring (bicyclic) bond motifs is 2. The quantitative estimate of drug-likeness (QED) is 0.736. The van der Waals surface area contributed by atoms with Crippen LogP contribution in [-0.2, 0) is 4.74 Å². The van der Waals surface area contributed by atoms with Gasteiger partial charge in [0.15, 0.2) is 11.6 Å². The van der Waals surface area contributed by atoms with Crippen LogP contribution in [0.1, 0.15) is 47.1 Å². The van der Waals surface area contributed by atoms with Crippen LogP contribution in [0.4, 0.5) is 8.78 Å². The zero-order valence-corrected chi connectivity index (χ0v) is 16.7. The number of aromatic nitrogens is 1. The summed E-state index contributed by atoms with van der Waals surface area (Å²) in [6.07, 6.45) is 2.08. The minimum absolute atomic E-state index is 0.0441. The van der Waals surface area contributed by atoms with Crippen molar-refractivity contribution < 1.29 is 18.3 Å². The predicted molar refractivity (Wildman–Crippen MR) is 103 cm³/mol. The minimum Gasteiger partial charge on any atom is -0.374 e. The molecule has 0 saturated carbocycles. The molecule has 3 unspecified atom stereocenters. The van der Waals surface area contributed by atoms with Gasteiger partial charge in [-0.15, -0.1) is 0 Å². The summed E-state index contributed by atoms with van der Waals surface area (Å²) in [5, 5.41) is 8.91. The van der Waals surface area contributed by atoms with Gasteiger partial charge in [0.2, 0.25) is 0 Å². The maximum Gasteiger partial charge on any atom is 0.181 e. The van der Waals surface area contributed by atoms with Gasteiger partial charge in [-0.3, -0.25) is 9.69 Å². The third kappa shape index (κ3) is 3.37. The molecule has 0 N–H and O–H groups in total. The third-order valence-electron chi connectivity index (χ3n) is 6.04. The summed E-state index contributed by atoms with van der Waals surface area (Å²) < 4.78 is 36.5. The molecular weight excluding hydrogens is 376 g/mol. The van der Waals surface area contributed by atoms with Gasteiger partial charge in [0.1, 0.15) is 11.9 Å². The van der Waals surface area contributed by atoms with E-state index >= 15 is 4.39 Å². The Balaban J connectivity index is 1.64. The Morgan fingerprint density at radius 1 is 1.28 bits per heavy atom. The van der Waals surface area contributed by atoms with Gasteiger partial charge in [-0.1, -0.05) is 0 Å². The molecule has 1 aromatic heterocycles. The predicted octanol–water partition coefficient (Wildman–Crippen LogP) is 3.68. The molecule has 2 aliphatic heterocycles. The van der Waals surface area contributed by atoms with Crippen LogP contribution in [0.5, 0.6) is 0 Å². The number of nitriles is 1. The van der Waals surface area contributed by atoms with Crippen LogP contribution < -0.4 is 0 Å². The van der Waals surface area contributed by atoms with Crippen molar-refractivity contribution in [1.82, 2.24) is 9.47 Å². The lowest BCUT2D eigenvalue weighted by Gasteiger charge is -2.27. The Morgan fingerprint density at radius 2 is 2.03 bits per heavy atom. The highest BCUT2D eigenvalue weighted by atomic mass is 19.1. The molecule has 0 aliphatic carbocycles. The van der Waals surface area contributed by atoms with E-state index in [2.05, 4.69) is 4.90 Å². The van der Waals surface area contributed by atoms with E-state index < -0.39 is 11.6 Å². The van der Waals surface area contributed by atoms with Crippen LogP contribution in [0.15, 0.2) is 18.2 Å². The van der Waals surface area contributed by atoms with Crippen LogP contribution >= 0.6 is 0 Å². The molecule has 29 heavy (non-hydrogen) atoms. The lowest BCUT2D eigenvalue weighted by Crippen LogP contribution is -2.36. The second-order valence-corrected chi connectivity index (χ2v) is 8.02. The van der Waals surface area contributed by atoms with Crippen LogP contribution in [-0.4, -0.2) is 46.6 Å². The Labute approximate surface area is 168 Å². The molecule has 7 heteroatoms. The smallest absolute Gasteiger partial charge is 0.181 e. The molecule has 152 valence electrons. The number of Topliss-reactive ketones (excluding diaryl/α,β-unsaturated/α-hetero) is 1. The van der Waals surface area contributed by atoms with Crippen LogP contribution in [0.25, 0.3) is 5.69 Å². The molecule has 2 saturated heterocycles. The largest absolute Gasteiger partial charge is 0.374 e. The van der Waals surface area contributed by atoms with E-state index in [4.69, 9.17) is 10.00 Å². The lowest BCUT2D eigenvalue weighted by atomic mass is 10.0. The van der Waals surface area contributed by atoms with Gasteiger partial charge in [0.25, 0.3) is 0 Å². The number of benzene rings is 1. The van der Waals surface area contributed by atoms with E-state index in [1.165, 1.54) is 16.7 Å². The SMILES string of the molecule is Cc1c(F)c(C(=O)CN2CC3CC2CC(C)O3)c(C)n1-c1ccc(C#N)c(F)c1. The fourth-order valence-electron chi connectivity index (χ4n) is 4.75. The zero-order chi connectivity index (χ0) is 20.9. The van der Waals surface area contributed by atoms with Crippen molar-refractivity contribution >= 4 is 5.78 Å². The van der Waals surface area contributed by atoms with Crippen molar-refractivity contribution in [3.63, 3.8) is 0 Å². The van der Waals surface area contributed by atoms with Gasteiger partial charge >= 0.3 is 0 Å². The molecule has 4 rings (SSSR count). The number of nitrogens with zero attached hydrogens (tertiary/aromatic N) is 3. The first-order chi connectivity index (χ1) is 13.8. The van der Waals surface area contributed by atoms with E-state index in [0.717, 1.165) is 12.8 Å². The molecule has 0 radical (unpaired) electrons. The third-order valence-corrected chi connectivity index (χ3v) is 6.04. The van der Waals surface area contributed by atoms with E-state index in [-0.39, 0.29) is 47.4 Å². The molecular formula is C22H23F2N3O2. The topological polar surface area (TPSA) is 58.3 Å². The average Bonchev–Trinajstić information content (AvgIpc) is 3.07. The van der Waals surface area contributed by atoms with E-state index in [9.17, 15) is 9.18 Å².